The van der Waals surface area contributed by atoms with Crippen LogP contribution in [-0.2, 0) is 32.6 Å². The molecule has 4 rings (SSSR count). The first-order chi connectivity index (χ1) is 15.7. The van der Waals surface area contributed by atoms with Crippen LogP contribution in [0.4, 0.5) is 0 Å². The van der Waals surface area contributed by atoms with E-state index in [1.54, 1.807) is 11.7 Å². The summed E-state index contributed by atoms with van der Waals surface area (Å²) in [6, 6.07) is 8.88. The molecule has 3 heterocycles. The normalized spacial score (nSPS) is 17.2. The average molecular weight is 440 g/mol. The SMILES string of the molecule is CN=C(NCCCn1nc2n(c1=O)CCCC2)NCc1ccc(CN2CCCCC2)cc1. The topological polar surface area (TPSA) is 79.5 Å². The highest BCUT2D eigenvalue weighted by molar-refractivity contribution is 5.79. The van der Waals surface area contributed by atoms with Gasteiger partial charge in [-0.15, -0.1) is 0 Å². The van der Waals surface area contributed by atoms with E-state index in [-0.39, 0.29) is 5.69 Å². The average Bonchev–Trinajstić information content (AvgIpc) is 3.16. The van der Waals surface area contributed by atoms with E-state index in [0.29, 0.717) is 6.54 Å². The number of benzene rings is 1. The van der Waals surface area contributed by atoms with Gasteiger partial charge in [-0.25, -0.2) is 9.48 Å². The molecule has 0 saturated carbocycles. The third-order valence-electron chi connectivity index (χ3n) is 6.43. The number of aryl methyl sites for hydroxylation is 2. The van der Waals surface area contributed by atoms with Crippen LogP contribution >= 0.6 is 0 Å². The van der Waals surface area contributed by atoms with Gasteiger partial charge < -0.3 is 10.6 Å². The molecule has 0 radical (unpaired) electrons. The summed E-state index contributed by atoms with van der Waals surface area (Å²) in [5, 5.41) is 11.2. The molecular weight excluding hydrogens is 402 g/mol. The Kier molecular flexibility index (Phi) is 7.98. The van der Waals surface area contributed by atoms with Crippen molar-refractivity contribution in [3.8, 4) is 0 Å². The summed E-state index contributed by atoms with van der Waals surface area (Å²) >= 11 is 0. The Morgan fingerprint density at radius 2 is 1.75 bits per heavy atom. The second-order valence-corrected chi connectivity index (χ2v) is 8.89. The molecule has 32 heavy (non-hydrogen) atoms. The molecule has 8 nitrogen and oxygen atoms in total. The van der Waals surface area contributed by atoms with Gasteiger partial charge in [0.25, 0.3) is 0 Å². The van der Waals surface area contributed by atoms with E-state index < -0.39 is 0 Å². The number of hydrogen-bond acceptors (Lipinski definition) is 4. The molecule has 2 aliphatic rings. The van der Waals surface area contributed by atoms with E-state index in [2.05, 4.69) is 49.9 Å². The van der Waals surface area contributed by atoms with Crippen LogP contribution in [0.3, 0.4) is 0 Å². The van der Waals surface area contributed by atoms with Crippen LogP contribution < -0.4 is 16.3 Å². The number of hydrogen-bond donors (Lipinski definition) is 2. The third kappa shape index (κ3) is 6.00. The highest BCUT2D eigenvalue weighted by Crippen LogP contribution is 2.13. The number of aromatic nitrogens is 3. The standard InChI is InChI=1S/C24H37N7O/c1-25-23(26-13-7-17-31-24(32)30-16-6-3-8-22(30)28-31)27-18-20-9-11-21(12-10-20)19-29-14-4-2-5-15-29/h9-12H,2-8,13-19H2,1H3,(H2,25,26,27). The van der Waals surface area contributed by atoms with E-state index in [4.69, 9.17) is 0 Å². The molecule has 0 aliphatic carbocycles. The lowest BCUT2D eigenvalue weighted by molar-refractivity contribution is 0.221. The van der Waals surface area contributed by atoms with Gasteiger partial charge >= 0.3 is 5.69 Å². The molecule has 0 atom stereocenters. The van der Waals surface area contributed by atoms with Crippen molar-refractivity contribution in [2.75, 3.05) is 26.7 Å². The monoisotopic (exact) mass is 439 g/mol. The molecule has 174 valence electrons. The number of nitrogens with zero attached hydrogens (tertiary/aromatic N) is 5. The van der Waals surface area contributed by atoms with Crippen molar-refractivity contribution < 1.29 is 0 Å². The third-order valence-corrected chi connectivity index (χ3v) is 6.43. The lowest BCUT2D eigenvalue weighted by Crippen LogP contribution is -2.38. The Morgan fingerprint density at radius 1 is 1.00 bits per heavy atom. The number of fused-ring (bicyclic) bond motifs is 1. The molecule has 2 N–H and O–H groups in total. The van der Waals surface area contributed by atoms with Gasteiger partial charge in [0.15, 0.2) is 5.96 Å². The molecule has 1 saturated heterocycles. The van der Waals surface area contributed by atoms with Gasteiger partial charge in [0.1, 0.15) is 5.82 Å². The summed E-state index contributed by atoms with van der Waals surface area (Å²) in [6.07, 6.45) is 7.97. The first-order valence-corrected chi connectivity index (χ1v) is 12.1. The van der Waals surface area contributed by atoms with Crippen molar-refractivity contribution in [3.63, 3.8) is 0 Å². The van der Waals surface area contributed by atoms with Gasteiger partial charge in [-0.05, 0) is 56.3 Å². The van der Waals surface area contributed by atoms with E-state index >= 15 is 0 Å². The number of nitrogens with one attached hydrogen (secondary N) is 2. The second-order valence-electron chi connectivity index (χ2n) is 8.89. The molecule has 1 fully saturated rings. The predicted octanol–water partition coefficient (Wildman–Crippen LogP) is 2.12. The molecule has 2 aliphatic heterocycles. The number of rotatable bonds is 8. The first kappa shape index (κ1) is 22.6. The maximum atomic E-state index is 12.4. The van der Waals surface area contributed by atoms with Crippen LogP contribution in [-0.4, -0.2) is 51.9 Å². The minimum Gasteiger partial charge on any atom is -0.356 e. The molecule has 8 heteroatoms. The summed E-state index contributed by atoms with van der Waals surface area (Å²) in [7, 11) is 1.78. The van der Waals surface area contributed by atoms with Crippen molar-refractivity contribution in [2.45, 2.75) is 71.1 Å². The predicted molar refractivity (Wildman–Crippen MR) is 128 cm³/mol. The van der Waals surface area contributed by atoms with E-state index in [1.807, 2.05) is 4.57 Å². The maximum Gasteiger partial charge on any atom is 0.345 e. The van der Waals surface area contributed by atoms with Crippen molar-refractivity contribution in [1.29, 1.82) is 0 Å². The minimum atomic E-state index is 0.0333. The van der Waals surface area contributed by atoms with Crippen molar-refractivity contribution in [3.05, 3.63) is 51.7 Å². The summed E-state index contributed by atoms with van der Waals surface area (Å²) in [4.78, 5) is 19.3. The summed E-state index contributed by atoms with van der Waals surface area (Å²) in [5.74, 6) is 1.72. The number of likely N-dealkylation sites (tertiary alicyclic amines) is 1. The van der Waals surface area contributed by atoms with Crippen LogP contribution in [0.25, 0.3) is 0 Å². The van der Waals surface area contributed by atoms with Gasteiger partial charge in [0.2, 0.25) is 0 Å². The van der Waals surface area contributed by atoms with Crippen LogP contribution in [0.15, 0.2) is 34.1 Å². The number of aliphatic imine (C=N–C) groups is 1. The lowest BCUT2D eigenvalue weighted by atomic mass is 10.1. The zero-order chi connectivity index (χ0) is 22.2. The molecule has 1 aromatic heterocycles. The smallest absolute Gasteiger partial charge is 0.345 e. The Bertz CT molecular complexity index is 938. The van der Waals surface area contributed by atoms with E-state index in [9.17, 15) is 4.79 Å². The molecule has 2 aromatic rings. The van der Waals surface area contributed by atoms with Crippen LogP contribution in [0.5, 0.6) is 0 Å². The zero-order valence-electron chi connectivity index (χ0n) is 19.4. The largest absolute Gasteiger partial charge is 0.356 e. The quantitative estimate of drug-likeness (QED) is 0.374. The van der Waals surface area contributed by atoms with Gasteiger partial charge in [-0.1, -0.05) is 30.7 Å². The Morgan fingerprint density at radius 3 is 2.50 bits per heavy atom. The Labute approximate surface area is 190 Å². The van der Waals surface area contributed by atoms with Gasteiger partial charge in [0, 0.05) is 46.2 Å². The van der Waals surface area contributed by atoms with Crippen molar-refractivity contribution >= 4 is 5.96 Å². The number of guanidine groups is 1. The Balaban J connectivity index is 1.17. The van der Waals surface area contributed by atoms with Crippen LogP contribution in [0, 0.1) is 0 Å². The molecule has 0 bridgehead atoms. The summed E-state index contributed by atoms with van der Waals surface area (Å²) in [5.41, 5.74) is 2.66. The molecule has 0 spiro atoms. The fourth-order valence-electron chi connectivity index (χ4n) is 4.57. The van der Waals surface area contributed by atoms with Crippen LogP contribution in [0.2, 0.25) is 0 Å². The van der Waals surface area contributed by atoms with Crippen molar-refractivity contribution in [2.24, 2.45) is 4.99 Å². The summed E-state index contributed by atoms with van der Waals surface area (Å²) < 4.78 is 3.44. The van der Waals surface area contributed by atoms with Gasteiger partial charge in [-0.2, -0.15) is 5.10 Å². The van der Waals surface area contributed by atoms with E-state index in [1.165, 1.54) is 43.5 Å². The number of piperidine rings is 1. The lowest BCUT2D eigenvalue weighted by Gasteiger charge is -2.26. The molecule has 1 aromatic carbocycles. The molecule has 0 unspecified atom stereocenters. The fourth-order valence-corrected chi connectivity index (χ4v) is 4.57. The van der Waals surface area contributed by atoms with Gasteiger partial charge in [-0.3, -0.25) is 14.5 Å². The van der Waals surface area contributed by atoms with E-state index in [0.717, 1.165) is 63.6 Å². The minimum absolute atomic E-state index is 0.0333. The Hall–Kier alpha value is -2.61. The highest BCUT2D eigenvalue weighted by atomic mass is 16.2. The van der Waals surface area contributed by atoms with Crippen LogP contribution in [0.1, 0.15) is 55.5 Å². The van der Waals surface area contributed by atoms with Gasteiger partial charge in [0.05, 0.1) is 0 Å². The fraction of sp³-hybridized carbons (Fsp3) is 0.625. The highest BCUT2D eigenvalue weighted by Gasteiger charge is 2.16. The van der Waals surface area contributed by atoms with Crippen molar-refractivity contribution in [1.82, 2.24) is 29.9 Å². The second kappa shape index (κ2) is 11.3. The maximum absolute atomic E-state index is 12.4. The zero-order valence-corrected chi connectivity index (χ0v) is 19.4. The first-order valence-electron chi connectivity index (χ1n) is 12.1. The molecule has 0 amide bonds. The summed E-state index contributed by atoms with van der Waals surface area (Å²) in [6.45, 7) is 6.41. The molecular formula is C24H37N7O.